The van der Waals surface area contributed by atoms with Gasteiger partial charge in [-0.05, 0) is 31.5 Å². The lowest BCUT2D eigenvalue weighted by atomic mass is 9.68. The van der Waals surface area contributed by atoms with Gasteiger partial charge in [0.1, 0.15) is 0 Å². The molecule has 6 nitrogen and oxygen atoms in total. The number of H-pyrrole nitrogens is 1. The normalized spacial score (nSPS) is 12.8. The van der Waals surface area contributed by atoms with Gasteiger partial charge in [0.25, 0.3) is 0 Å². The summed E-state index contributed by atoms with van der Waals surface area (Å²) in [7, 11) is 0. The number of hydrogen-bond donors (Lipinski definition) is 4. The predicted octanol–water partition coefficient (Wildman–Crippen LogP) is 4.78. The summed E-state index contributed by atoms with van der Waals surface area (Å²) in [4.78, 5) is 15.6. The number of carbonyl (C=O) groups excluding carboxylic acids is 1. The molecule has 7 heteroatoms. The van der Waals surface area contributed by atoms with Gasteiger partial charge in [-0.1, -0.05) is 122 Å². The molecular weight excluding hydrogens is 528 g/mol. The number of quaternary nitrogens is 2. The zero-order valence-electron chi connectivity index (χ0n) is 24.7. The van der Waals surface area contributed by atoms with Gasteiger partial charge in [0.05, 0.1) is 11.5 Å². The maximum Gasteiger partial charge on any atom is 0.0646 e. The van der Waals surface area contributed by atoms with E-state index in [0.717, 1.165) is 29.3 Å². The average Bonchev–Trinajstić information content (AvgIpc) is 3.26. The van der Waals surface area contributed by atoms with E-state index in [-0.39, 0.29) is 29.3 Å². The van der Waals surface area contributed by atoms with E-state index in [0.29, 0.717) is 6.54 Å². The van der Waals surface area contributed by atoms with E-state index in [1.165, 1.54) is 77.0 Å². The average molecular weight is 586 g/mol. The molecule has 10 N–H and O–H groups in total. The number of aromatic amines is 1. The van der Waals surface area contributed by atoms with Crippen molar-refractivity contribution in [2.45, 2.75) is 129 Å². The molecule has 0 aliphatic heterocycles. The monoisotopic (exact) mass is 584 g/mol. The summed E-state index contributed by atoms with van der Waals surface area (Å²) in [6, 6.07) is 8.05. The summed E-state index contributed by atoms with van der Waals surface area (Å²) in [5.74, 6) is -1.05. The van der Waals surface area contributed by atoms with Crippen molar-refractivity contribution >= 4 is 16.9 Å². The Kier molecular flexibility index (Phi) is 20.0. The fraction of sp³-hybridized carbons (Fsp3) is 0.700. The number of para-hydroxylation sites is 1. The summed E-state index contributed by atoms with van der Waals surface area (Å²) >= 11 is 0. The Morgan fingerprint density at radius 2 is 1.27 bits per heavy atom. The van der Waals surface area contributed by atoms with Crippen molar-refractivity contribution in [3.05, 3.63) is 36.0 Å². The summed E-state index contributed by atoms with van der Waals surface area (Å²) < 4.78 is 0. The van der Waals surface area contributed by atoms with Crippen LogP contribution in [0.1, 0.15) is 123 Å². The molecule has 0 amide bonds. The van der Waals surface area contributed by atoms with Gasteiger partial charge in [-0.25, -0.2) is 0 Å². The number of carboxylic acids is 1. The number of nitrogens with one attached hydrogen (secondary N) is 2. The minimum atomic E-state index is -1.16. The van der Waals surface area contributed by atoms with Crippen LogP contribution >= 0.6 is 0 Å². The second kappa shape index (κ2) is 19.6. The van der Waals surface area contributed by atoms with Crippen molar-refractivity contribution < 1.29 is 26.9 Å². The molecule has 0 spiro atoms. The van der Waals surface area contributed by atoms with Crippen LogP contribution in [0, 0.1) is 0 Å². The van der Waals surface area contributed by atoms with Crippen molar-refractivity contribution in [3.8, 4) is 0 Å². The SMILES string of the molecule is CCCCCCCCCCCCCCCCN[C@](C)(C(=O)[O-])C(C)(C)c1c[nH]c2ccccc12.[Br-].[NH4+].[NH4+]. The molecule has 1 heterocycles. The van der Waals surface area contributed by atoms with Crippen molar-refractivity contribution in [2.24, 2.45) is 0 Å². The number of hydrogen-bond acceptors (Lipinski definition) is 3. The molecule has 2 rings (SSSR count). The molecule has 0 unspecified atom stereocenters. The topological polar surface area (TPSA) is 141 Å². The van der Waals surface area contributed by atoms with Crippen LogP contribution in [0.25, 0.3) is 10.9 Å². The molecular formula is C30H57BrN4O2. The first-order valence-corrected chi connectivity index (χ1v) is 13.9. The van der Waals surface area contributed by atoms with E-state index < -0.39 is 16.9 Å². The molecule has 0 saturated carbocycles. The number of rotatable bonds is 19. The van der Waals surface area contributed by atoms with Crippen LogP contribution in [0.3, 0.4) is 0 Å². The van der Waals surface area contributed by atoms with E-state index in [2.05, 4.69) is 17.2 Å². The van der Waals surface area contributed by atoms with E-state index in [1.807, 2.05) is 44.3 Å². The van der Waals surface area contributed by atoms with E-state index >= 15 is 0 Å². The van der Waals surface area contributed by atoms with E-state index in [4.69, 9.17) is 0 Å². The summed E-state index contributed by atoms with van der Waals surface area (Å²) in [5.41, 5.74) is 0.233. The lowest BCUT2D eigenvalue weighted by molar-refractivity contribution is -0.316. The lowest BCUT2D eigenvalue weighted by Gasteiger charge is -2.46. The summed E-state index contributed by atoms with van der Waals surface area (Å²) in [6.45, 7) is 8.73. The van der Waals surface area contributed by atoms with Gasteiger partial charge in [0.2, 0.25) is 0 Å². The largest absolute Gasteiger partial charge is 1.00 e. The zero-order chi connectivity index (χ0) is 24.9. The number of halogens is 1. The third kappa shape index (κ3) is 11.1. The van der Waals surface area contributed by atoms with Crippen LogP contribution in [-0.4, -0.2) is 23.0 Å². The Labute approximate surface area is 237 Å². The van der Waals surface area contributed by atoms with Crippen LogP contribution in [0.5, 0.6) is 0 Å². The molecule has 0 bridgehead atoms. The quantitative estimate of drug-likeness (QED) is 0.176. The Hall–Kier alpha value is -1.41. The molecule has 0 fully saturated rings. The standard InChI is InChI=1S/C30H50N2O2.BrH.2H3N/c1-5-6-7-8-9-10-11-12-13-14-15-16-17-20-23-32-30(4,28(33)34)29(2,3)26-24-31-27-22-19-18-21-25(26)27;;;/h18-19,21-22,24,31-32H,5-17,20,23H2,1-4H3,(H,33,34);1H;2*1H3/t30-;;;/m1.../s1. The fourth-order valence-corrected chi connectivity index (χ4v) is 5.06. The molecule has 0 radical (unpaired) electrons. The van der Waals surface area contributed by atoms with Gasteiger partial charge < -0.3 is 49.5 Å². The molecule has 37 heavy (non-hydrogen) atoms. The number of unbranched alkanes of at least 4 members (excludes halogenated alkanes) is 13. The van der Waals surface area contributed by atoms with Gasteiger partial charge in [-0.2, -0.15) is 0 Å². The van der Waals surface area contributed by atoms with Gasteiger partial charge in [-0.15, -0.1) is 0 Å². The molecule has 1 aromatic heterocycles. The Bertz CT molecular complexity index is 855. The third-order valence-corrected chi connectivity index (χ3v) is 7.93. The van der Waals surface area contributed by atoms with Gasteiger partial charge in [0.15, 0.2) is 0 Å². The minimum absolute atomic E-state index is 0. The maximum atomic E-state index is 12.3. The first kappa shape index (κ1) is 37.7. The molecule has 0 saturated heterocycles. The predicted molar refractivity (Wildman–Crippen MR) is 155 cm³/mol. The second-order valence-corrected chi connectivity index (χ2v) is 10.8. The number of aromatic nitrogens is 1. The zero-order valence-corrected chi connectivity index (χ0v) is 26.3. The molecule has 216 valence electrons. The third-order valence-electron chi connectivity index (χ3n) is 7.93. The van der Waals surface area contributed by atoms with Crippen molar-refractivity contribution in [3.63, 3.8) is 0 Å². The van der Waals surface area contributed by atoms with Crippen molar-refractivity contribution in [2.75, 3.05) is 6.54 Å². The number of carbonyl (C=O) groups is 1. The highest BCUT2D eigenvalue weighted by atomic mass is 79.9. The van der Waals surface area contributed by atoms with Crippen LogP contribution in [-0.2, 0) is 10.2 Å². The minimum Gasteiger partial charge on any atom is -1.00 e. The molecule has 0 aliphatic rings. The lowest BCUT2D eigenvalue weighted by Crippen LogP contribution is -3.00. The summed E-state index contributed by atoms with van der Waals surface area (Å²) in [5, 5.41) is 16.7. The number of aliphatic carboxylic acids is 1. The summed E-state index contributed by atoms with van der Waals surface area (Å²) in [6.07, 6.45) is 20.4. The fourth-order valence-electron chi connectivity index (χ4n) is 5.06. The first-order valence-electron chi connectivity index (χ1n) is 13.9. The first-order chi connectivity index (χ1) is 16.3. The Balaban J connectivity index is 0. The Morgan fingerprint density at radius 1 is 0.811 bits per heavy atom. The maximum absolute atomic E-state index is 12.3. The van der Waals surface area contributed by atoms with Crippen molar-refractivity contribution in [1.29, 1.82) is 0 Å². The molecule has 2 aromatic rings. The molecule has 0 aliphatic carbocycles. The van der Waals surface area contributed by atoms with Gasteiger partial charge >= 0.3 is 0 Å². The highest BCUT2D eigenvalue weighted by Gasteiger charge is 2.44. The molecule has 1 aromatic carbocycles. The highest BCUT2D eigenvalue weighted by Crippen LogP contribution is 2.38. The second-order valence-electron chi connectivity index (χ2n) is 10.8. The number of fused-ring (bicyclic) bond motifs is 1. The van der Waals surface area contributed by atoms with Crippen LogP contribution in [0.15, 0.2) is 30.5 Å². The number of carboxylic acid groups (broad SMARTS) is 1. The van der Waals surface area contributed by atoms with E-state index in [9.17, 15) is 9.90 Å². The highest BCUT2D eigenvalue weighted by molar-refractivity contribution is 5.87. The molecule has 1 atom stereocenters. The van der Waals surface area contributed by atoms with Crippen molar-refractivity contribution in [1.82, 2.24) is 22.6 Å². The smallest absolute Gasteiger partial charge is 0.0646 e. The van der Waals surface area contributed by atoms with E-state index in [1.54, 1.807) is 6.92 Å². The van der Waals surface area contributed by atoms with Gasteiger partial charge in [-0.3, -0.25) is 0 Å². The van der Waals surface area contributed by atoms with Crippen LogP contribution in [0.4, 0.5) is 0 Å². The Morgan fingerprint density at radius 3 is 1.76 bits per heavy atom. The van der Waals surface area contributed by atoms with Crippen LogP contribution in [0.2, 0.25) is 0 Å². The van der Waals surface area contributed by atoms with Gasteiger partial charge in [0, 0.05) is 22.5 Å². The van der Waals surface area contributed by atoms with Crippen LogP contribution < -0.4 is 39.7 Å². The number of benzene rings is 1.